The first-order valence-corrected chi connectivity index (χ1v) is 24.8. The highest BCUT2D eigenvalue weighted by molar-refractivity contribution is 6.25. The van der Waals surface area contributed by atoms with Gasteiger partial charge in [-0.05, 0) is 112 Å². The van der Waals surface area contributed by atoms with Crippen molar-refractivity contribution in [2.75, 3.05) is 16.5 Å². The van der Waals surface area contributed by atoms with Crippen LogP contribution in [0.3, 0.4) is 0 Å². The van der Waals surface area contributed by atoms with Gasteiger partial charge in [0.25, 0.3) is 0 Å². The van der Waals surface area contributed by atoms with Gasteiger partial charge < -0.3 is 23.7 Å². The second-order valence-electron chi connectivity index (χ2n) is 21.5. The summed E-state index contributed by atoms with van der Waals surface area (Å²) in [6.45, 7) is 14.2. The van der Waals surface area contributed by atoms with Crippen LogP contribution in [-0.2, 0) is 24.9 Å². The Morgan fingerprint density at radius 2 is 1.06 bits per heavy atom. The van der Waals surface area contributed by atoms with E-state index < -0.39 is 0 Å². The molecule has 0 unspecified atom stereocenters. The average molecular weight is 925 g/mol. The smallest absolute Gasteiger partial charge is 0.137 e. The largest absolute Gasteiger partial charge is 0.457 e. The standard InChI is InChI=1S/C64H56N6O/c1-63(2,3)42-30-31-65-59(35-42)70-55-29-26-41(40-18-10-9-11-19-40)32-50(55)49-28-27-45(37-58(49)70)71-46-34-43(64(4,5)6)33-44(36-46)68-39-69(57-25-17-16-24-56(57)68)62-60-51(47-20-12-14-22-53(47)66(60)7)38-52-48-21-13-15-23-54(48)67(8)61(52)62/h9-38H,39H2,1-8H3. The first kappa shape index (κ1) is 42.8. The Bertz CT molecular complexity index is 4030. The number of pyridine rings is 1. The third-order valence-corrected chi connectivity index (χ3v) is 15.0. The highest BCUT2D eigenvalue weighted by Crippen LogP contribution is 2.52. The Morgan fingerprint density at radius 3 is 1.73 bits per heavy atom. The van der Waals surface area contributed by atoms with E-state index >= 15 is 0 Å². The predicted octanol–water partition coefficient (Wildman–Crippen LogP) is 16.8. The number of aryl methyl sites for hydroxylation is 2. The molecule has 0 bridgehead atoms. The molecular formula is C64H56N6O. The Hall–Kier alpha value is -8.29. The van der Waals surface area contributed by atoms with Crippen LogP contribution in [0, 0.1) is 0 Å². The van der Waals surface area contributed by atoms with Crippen LogP contribution in [0.2, 0.25) is 0 Å². The van der Waals surface area contributed by atoms with Gasteiger partial charge in [0.15, 0.2) is 0 Å². The van der Waals surface area contributed by atoms with Gasteiger partial charge in [-0.1, -0.05) is 126 Å². The Kier molecular flexibility index (Phi) is 9.41. The molecule has 71 heavy (non-hydrogen) atoms. The molecular weight excluding hydrogens is 869 g/mol. The van der Waals surface area contributed by atoms with Crippen molar-refractivity contribution in [3.05, 3.63) is 193 Å². The molecule has 7 nitrogen and oxygen atoms in total. The van der Waals surface area contributed by atoms with Crippen molar-refractivity contribution in [3.8, 4) is 28.4 Å². The normalized spacial score (nSPS) is 13.2. The number of nitrogens with zero attached hydrogens (tertiary/aromatic N) is 6. The molecule has 1 aliphatic heterocycles. The van der Waals surface area contributed by atoms with Gasteiger partial charge in [-0.15, -0.1) is 0 Å². The molecule has 0 fully saturated rings. The summed E-state index contributed by atoms with van der Waals surface area (Å²) in [5.74, 6) is 2.44. The second-order valence-corrected chi connectivity index (χ2v) is 21.5. The zero-order valence-electron chi connectivity index (χ0n) is 41.6. The lowest BCUT2D eigenvalue weighted by Gasteiger charge is -2.27. The molecule has 8 aromatic carbocycles. The maximum Gasteiger partial charge on any atom is 0.137 e. The molecule has 4 aromatic heterocycles. The quantitative estimate of drug-likeness (QED) is 0.167. The number of benzene rings is 8. The Labute approximate surface area is 414 Å². The van der Waals surface area contributed by atoms with E-state index in [-0.39, 0.29) is 10.8 Å². The fourth-order valence-corrected chi connectivity index (χ4v) is 11.3. The molecule has 0 aliphatic carbocycles. The van der Waals surface area contributed by atoms with Gasteiger partial charge in [0.1, 0.15) is 24.0 Å². The number of aromatic nitrogens is 4. The van der Waals surface area contributed by atoms with Gasteiger partial charge in [-0.2, -0.15) is 0 Å². The van der Waals surface area contributed by atoms with Crippen molar-refractivity contribution >= 4 is 88.2 Å². The average Bonchev–Trinajstić information content (AvgIpc) is 4.09. The summed E-state index contributed by atoms with van der Waals surface area (Å²) in [5.41, 5.74) is 16.2. The van der Waals surface area contributed by atoms with E-state index in [0.29, 0.717) is 6.67 Å². The van der Waals surface area contributed by atoms with E-state index in [2.05, 4.69) is 255 Å². The topological polar surface area (TPSA) is 43.4 Å². The fraction of sp³-hybridized carbons (Fsp3) is 0.172. The van der Waals surface area contributed by atoms with Gasteiger partial charge in [0, 0.05) is 81.5 Å². The van der Waals surface area contributed by atoms with Crippen molar-refractivity contribution in [1.29, 1.82) is 0 Å². The van der Waals surface area contributed by atoms with Crippen LogP contribution in [0.25, 0.3) is 82.4 Å². The lowest BCUT2D eigenvalue weighted by atomic mass is 9.86. The first-order valence-electron chi connectivity index (χ1n) is 24.8. The maximum atomic E-state index is 7.11. The number of fused-ring (bicyclic) bond motifs is 10. The molecule has 7 heteroatoms. The fourth-order valence-electron chi connectivity index (χ4n) is 11.3. The Balaban J connectivity index is 0.960. The van der Waals surface area contributed by atoms with Crippen molar-refractivity contribution in [2.45, 2.75) is 52.4 Å². The van der Waals surface area contributed by atoms with E-state index in [1.807, 2.05) is 6.20 Å². The lowest BCUT2D eigenvalue weighted by Crippen LogP contribution is -2.25. The highest BCUT2D eigenvalue weighted by Gasteiger charge is 2.34. The van der Waals surface area contributed by atoms with Crippen LogP contribution < -0.4 is 14.5 Å². The Morgan fingerprint density at radius 1 is 0.437 bits per heavy atom. The summed E-state index contributed by atoms with van der Waals surface area (Å²) in [6, 6.07) is 64.0. The minimum absolute atomic E-state index is 0.0422. The summed E-state index contributed by atoms with van der Waals surface area (Å²) in [4.78, 5) is 10.0. The third-order valence-electron chi connectivity index (χ3n) is 15.0. The minimum Gasteiger partial charge on any atom is -0.457 e. The summed E-state index contributed by atoms with van der Waals surface area (Å²) in [6.07, 6.45) is 1.94. The molecule has 348 valence electrons. The number of anilines is 4. The van der Waals surface area contributed by atoms with Gasteiger partial charge in [-0.25, -0.2) is 4.98 Å². The first-order chi connectivity index (χ1) is 34.3. The summed E-state index contributed by atoms with van der Waals surface area (Å²) < 4.78 is 14.2. The summed E-state index contributed by atoms with van der Waals surface area (Å²) in [5, 5.41) is 7.35. The number of ether oxygens (including phenoxy) is 1. The number of hydrogen-bond acceptors (Lipinski definition) is 4. The maximum absolute atomic E-state index is 7.11. The van der Waals surface area contributed by atoms with Gasteiger partial charge in [0.05, 0.1) is 39.1 Å². The molecule has 1 aliphatic rings. The summed E-state index contributed by atoms with van der Waals surface area (Å²) in [7, 11) is 4.44. The van der Waals surface area contributed by atoms with Crippen LogP contribution in [0.4, 0.5) is 22.7 Å². The van der Waals surface area contributed by atoms with E-state index in [1.165, 1.54) is 82.6 Å². The second kappa shape index (κ2) is 15.6. The van der Waals surface area contributed by atoms with Crippen molar-refractivity contribution in [3.63, 3.8) is 0 Å². The van der Waals surface area contributed by atoms with Crippen molar-refractivity contribution in [1.82, 2.24) is 18.7 Å². The molecule has 0 atom stereocenters. The monoisotopic (exact) mass is 924 g/mol. The van der Waals surface area contributed by atoms with E-state index in [1.54, 1.807) is 0 Å². The van der Waals surface area contributed by atoms with Crippen molar-refractivity contribution in [2.24, 2.45) is 14.1 Å². The van der Waals surface area contributed by atoms with Crippen LogP contribution >= 0.6 is 0 Å². The van der Waals surface area contributed by atoms with E-state index in [4.69, 9.17) is 9.72 Å². The number of hydrogen-bond donors (Lipinski definition) is 0. The molecule has 13 rings (SSSR count). The lowest BCUT2D eigenvalue weighted by molar-refractivity contribution is 0.479. The molecule has 0 radical (unpaired) electrons. The van der Waals surface area contributed by atoms with Gasteiger partial charge in [-0.3, -0.25) is 4.57 Å². The number of para-hydroxylation sites is 4. The van der Waals surface area contributed by atoms with Crippen LogP contribution in [0.5, 0.6) is 11.5 Å². The molecule has 0 N–H and O–H groups in total. The van der Waals surface area contributed by atoms with Crippen molar-refractivity contribution < 1.29 is 4.74 Å². The van der Waals surface area contributed by atoms with E-state index in [0.717, 1.165) is 45.1 Å². The third kappa shape index (κ3) is 6.74. The molecule has 0 saturated heterocycles. The minimum atomic E-state index is -0.159. The van der Waals surface area contributed by atoms with Gasteiger partial charge in [0.2, 0.25) is 0 Å². The van der Waals surface area contributed by atoms with E-state index in [9.17, 15) is 0 Å². The van der Waals surface area contributed by atoms with Crippen LogP contribution in [0.15, 0.2) is 182 Å². The number of rotatable bonds is 6. The summed E-state index contributed by atoms with van der Waals surface area (Å²) >= 11 is 0. The van der Waals surface area contributed by atoms with Crippen LogP contribution in [0.1, 0.15) is 52.7 Å². The van der Waals surface area contributed by atoms with Crippen LogP contribution in [-0.4, -0.2) is 25.4 Å². The van der Waals surface area contributed by atoms with Gasteiger partial charge >= 0.3 is 0 Å². The molecule has 0 spiro atoms. The molecule has 5 heterocycles. The zero-order valence-corrected chi connectivity index (χ0v) is 41.6. The zero-order chi connectivity index (χ0) is 48.5. The highest BCUT2D eigenvalue weighted by atomic mass is 16.5. The molecule has 0 saturated carbocycles. The predicted molar refractivity (Wildman–Crippen MR) is 298 cm³/mol. The SMILES string of the molecule is Cn1c2ccccc2c2cc3c4ccccc4n(C)c3c(N3CN(c4cc(Oc5ccc6c7cc(-c8ccccc8)ccc7n(-c7cc(C(C)(C)C)ccn7)c6c5)cc(C(C)(C)C)c4)c4ccccc43)c21. The molecule has 0 amide bonds. The molecule has 12 aromatic rings.